The molecule has 0 aromatic heterocycles. The molecule has 0 bridgehead atoms. The Morgan fingerprint density at radius 3 is 2.69 bits per heavy atom. The number of carbonyl (C=O) groups is 1. The van der Waals surface area contributed by atoms with Gasteiger partial charge in [0.15, 0.2) is 0 Å². The first-order valence-corrected chi connectivity index (χ1v) is 4.91. The van der Waals surface area contributed by atoms with Crippen LogP contribution in [0, 0.1) is 0 Å². The van der Waals surface area contributed by atoms with E-state index >= 15 is 0 Å². The van der Waals surface area contributed by atoms with Gasteiger partial charge in [-0.3, -0.25) is 9.69 Å². The molecule has 74 valence electrons. The number of fused-ring (bicyclic) bond motifs is 1. The zero-order valence-corrected chi connectivity index (χ0v) is 8.15. The highest BCUT2D eigenvalue weighted by Gasteiger charge is 2.29. The lowest BCUT2D eigenvalue weighted by Gasteiger charge is -2.45. The molecule has 2 rings (SSSR count). The van der Waals surface area contributed by atoms with Crippen molar-refractivity contribution >= 4 is 6.41 Å². The molecule has 0 spiro atoms. The Kier molecular flexibility index (Phi) is 2.51. The minimum Gasteiger partial charge on any atom is -0.342 e. The van der Waals surface area contributed by atoms with E-state index in [2.05, 4.69) is 16.8 Å². The minimum absolute atomic E-state index is 0.567. The van der Waals surface area contributed by atoms with Crippen LogP contribution >= 0.6 is 0 Å². The van der Waals surface area contributed by atoms with Gasteiger partial charge in [0.2, 0.25) is 6.41 Å². The number of rotatable bonds is 1. The van der Waals surface area contributed by atoms with Crippen LogP contribution in [0.2, 0.25) is 0 Å². The van der Waals surface area contributed by atoms with E-state index in [-0.39, 0.29) is 0 Å². The predicted molar refractivity (Wildman–Crippen MR) is 50.5 cm³/mol. The highest BCUT2D eigenvalue weighted by molar-refractivity contribution is 5.47. The van der Waals surface area contributed by atoms with Crippen LogP contribution in [0.1, 0.15) is 0 Å². The molecule has 1 unspecified atom stereocenters. The summed E-state index contributed by atoms with van der Waals surface area (Å²) in [5, 5.41) is 0. The first-order valence-electron chi connectivity index (χ1n) is 4.91. The third kappa shape index (κ3) is 1.84. The van der Waals surface area contributed by atoms with Gasteiger partial charge in [0, 0.05) is 45.3 Å². The Hall–Kier alpha value is -0.610. The lowest BCUT2D eigenvalue weighted by Crippen LogP contribution is -2.60. The van der Waals surface area contributed by atoms with Gasteiger partial charge < -0.3 is 9.80 Å². The summed E-state index contributed by atoms with van der Waals surface area (Å²) in [7, 11) is 2.15. The van der Waals surface area contributed by atoms with Gasteiger partial charge in [0.25, 0.3) is 0 Å². The van der Waals surface area contributed by atoms with Crippen LogP contribution in [0.15, 0.2) is 0 Å². The number of likely N-dealkylation sites (N-methyl/N-ethyl adjacent to an activating group) is 1. The van der Waals surface area contributed by atoms with Crippen LogP contribution < -0.4 is 0 Å². The van der Waals surface area contributed by atoms with Crippen LogP contribution in [-0.4, -0.2) is 73.5 Å². The maximum Gasteiger partial charge on any atom is 0.209 e. The molecular formula is C9H17N3O. The van der Waals surface area contributed by atoms with E-state index in [4.69, 9.17) is 0 Å². The van der Waals surface area contributed by atoms with Gasteiger partial charge in [-0.05, 0) is 7.05 Å². The van der Waals surface area contributed by atoms with E-state index in [0.29, 0.717) is 6.04 Å². The van der Waals surface area contributed by atoms with Gasteiger partial charge in [0.05, 0.1) is 0 Å². The fourth-order valence-electron chi connectivity index (χ4n) is 2.23. The largest absolute Gasteiger partial charge is 0.342 e. The molecule has 2 heterocycles. The van der Waals surface area contributed by atoms with Crippen molar-refractivity contribution in [1.29, 1.82) is 0 Å². The Balaban J connectivity index is 1.95. The Morgan fingerprint density at radius 2 is 1.92 bits per heavy atom. The van der Waals surface area contributed by atoms with Crippen molar-refractivity contribution in [3.8, 4) is 0 Å². The molecule has 0 saturated carbocycles. The van der Waals surface area contributed by atoms with Crippen LogP contribution in [0.3, 0.4) is 0 Å². The summed E-state index contributed by atoms with van der Waals surface area (Å²) in [5.41, 5.74) is 0. The molecule has 0 aromatic rings. The zero-order chi connectivity index (χ0) is 9.26. The molecule has 4 nitrogen and oxygen atoms in total. The standard InChI is InChI=1S/C9H17N3O/c1-10-2-4-12-5-3-11(8-13)7-9(12)6-10/h8-9H,2-7H2,1H3. The molecule has 2 aliphatic heterocycles. The van der Waals surface area contributed by atoms with Crippen molar-refractivity contribution in [2.75, 3.05) is 46.3 Å². The molecule has 0 aliphatic carbocycles. The summed E-state index contributed by atoms with van der Waals surface area (Å²) in [6.07, 6.45) is 0.978. The average molecular weight is 183 g/mol. The van der Waals surface area contributed by atoms with Crippen molar-refractivity contribution in [2.24, 2.45) is 0 Å². The monoisotopic (exact) mass is 183 g/mol. The van der Waals surface area contributed by atoms with Crippen LogP contribution in [0.4, 0.5) is 0 Å². The van der Waals surface area contributed by atoms with Crippen molar-refractivity contribution in [3.63, 3.8) is 0 Å². The fraction of sp³-hybridized carbons (Fsp3) is 0.889. The molecule has 1 amide bonds. The SMILES string of the molecule is CN1CCN2CCN(C=O)CC2C1. The van der Waals surface area contributed by atoms with Crippen molar-refractivity contribution in [1.82, 2.24) is 14.7 Å². The lowest BCUT2D eigenvalue weighted by atomic mass is 10.1. The molecule has 2 saturated heterocycles. The summed E-state index contributed by atoms with van der Waals surface area (Å²) in [6, 6.07) is 0.567. The molecule has 0 radical (unpaired) electrons. The van der Waals surface area contributed by atoms with E-state index in [1.165, 1.54) is 0 Å². The highest BCUT2D eigenvalue weighted by Crippen LogP contribution is 2.13. The van der Waals surface area contributed by atoms with E-state index in [0.717, 1.165) is 45.7 Å². The van der Waals surface area contributed by atoms with Gasteiger partial charge in [-0.25, -0.2) is 0 Å². The van der Waals surface area contributed by atoms with Crippen LogP contribution in [-0.2, 0) is 4.79 Å². The quantitative estimate of drug-likeness (QED) is 0.492. The molecule has 0 aromatic carbocycles. The number of amides is 1. The number of piperazine rings is 2. The summed E-state index contributed by atoms with van der Waals surface area (Å²) in [4.78, 5) is 17.3. The molecule has 1 atom stereocenters. The number of hydrogen-bond donors (Lipinski definition) is 0. The van der Waals surface area contributed by atoms with Gasteiger partial charge in [-0.15, -0.1) is 0 Å². The Bertz CT molecular complexity index is 197. The normalized spacial score (nSPS) is 31.5. The minimum atomic E-state index is 0.567. The number of carbonyl (C=O) groups excluding carboxylic acids is 1. The second-order valence-corrected chi connectivity index (χ2v) is 4.05. The first kappa shape index (κ1) is 8.97. The van der Waals surface area contributed by atoms with Gasteiger partial charge in [-0.2, -0.15) is 0 Å². The summed E-state index contributed by atoms with van der Waals surface area (Å²) < 4.78 is 0. The second-order valence-electron chi connectivity index (χ2n) is 4.05. The van der Waals surface area contributed by atoms with Gasteiger partial charge in [-0.1, -0.05) is 0 Å². The van der Waals surface area contributed by atoms with Crippen molar-refractivity contribution < 1.29 is 4.79 Å². The Labute approximate surface area is 79.1 Å². The zero-order valence-electron chi connectivity index (χ0n) is 8.15. The second kappa shape index (κ2) is 3.64. The molecule has 2 aliphatic rings. The molecule has 13 heavy (non-hydrogen) atoms. The summed E-state index contributed by atoms with van der Waals surface area (Å²) >= 11 is 0. The van der Waals surface area contributed by atoms with Crippen LogP contribution in [0.25, 0.3) is 0 Å². The van der Waals surface area contributed by atoms with Crippen LogP contribution in [0.5, 0.6) is 0 Å². The highest BCUT2D eigenvalue weighted by atomic mass is 16.1. The third-order valence-corrected chi connectivity index (χ3v) is 3.08. The smallest absolute Gasteiger partial charge is 0.209 e. The average Bonchev–Trinajstić information content (AvgIpc) is 2.16. The summed E-state index contributed by atoms with van der Waals surface area (Å²) in [5.74, 6) is 0. The third-order valence-electron chi connectivity index (χ3n) is 3.08. The van der Waals surface area contributed by atoms with E-state index in [1.807, 2.05) is 4.90 Å². The summed E-state index contributed by atoms with van der Waals surface area (Å²) in [6.45, 7) is 6.30. The first-order chi connectivity index (χ1) is 6.29. The maximum absolute atomic E-state index is 10.6. The maximum atomic E-state index is 10.6. The van der Waals surface area contributed by atoms with Crippen molar-refractivity contribution in [3.05, 3.63) is 0 Å². The van der Waals surface area contributed by atoms with E-state index < -0.39 is 0 Å². The van der Waals surface area contributed by atoms with Gasteiger partial charge >= 0.3 is 0 Å². The number of nitrogens with zero attached hydrogens (tertiary/aromatic N) is 3. The number of hydrogen-bond acceptors (Lipinski definition) is 3. The van der Waals surface area contributed by atoms with E-state index in [9.17, 15) is 4.79 Å². The molecule has 0 N–H and O–H groups in total. The Morgan fingerprint density at radius 1 is 1.15 bits per heavy atom. The molecule has 4 heteroatoms. The predicted octanol–water partition coefficient (Wildman–Crippen LogP) is -0.926. The van der Waals surface area contributed by atoms with Gasteiger partial charge in [0.1, 0.15) is 0 Å². The topological polar surface area (TPSA) is 26.8 Å². The van der Waals surface area contributed by atoms with Crippen molar-refractivity contribution in [2.45, 2.75) is 6.04 Å². The van der Waals surface area contributed by atoms with E-state index in [1.54, 1.807) is 0 Å². The fourth-order valence-corrected chi connectivity index (χ4v) is 2.23. The molecule has 2 fully saturated rings. The molecular weight excluding hydrogens is 166 g/mol. The lowest BCUT2D eigenvalue weighted by molar-refractivity contribution is -0.121.